The molecular weight excluding hydrogens is 448 g/mol. The van der Waals surface area contributed by atoms with Crippen molar-refractivity contribution < 1.29 is 9.59 Å². The molecule has 3 aromatic rings. The number of nitrogens with one attached hydrogen (secondary N) is 1. The molecule has 0 saturated heterocycles. The minimum Gasteiger partial charge on any atom is -0.356 e. The molecule has 6 nitrogen and oxygen atoms in total. The average Bonchev–Trinajstić information content (AvgIpc) is 3.20. The second kappa shape index (κ2) is 11.5. The van der Waals surface area contributed by atoms with E-state index < -0.39 is 0 Å². The maximum atomic E-state index is 13.1. The molecule has 180 valence electrons. The molecule has 1 aliphatic rings. The van der Waals surface area contributed by atoms with E-state index in [0.29, 0.717) is 37.0 Å². The van der Waals surface area contributed by atoms with Crippen LogP contribution < -0.4 is 5.32 Å². The van der Waals surface area contributed by atoms with Crippen LogP contribution in [0.1, 0.15) is 49.9 Å². The number of benzene rings is 2. The van der Waals surface area contributed by atoms with Crippen LogP contribution in [0.2, 0.25) is 5.02 Å². The number of amides is 2. The molecular formula is C27H33ClN4O2. The normalized spacial score (nSPS) is 14.3. The van der Waals surface area contributed by atoms with Crippen LogP contribution in [0.3, 0.4) is 0 Å². The first-order valence-corrected chi connectivity index (χ1v) is 12.6. The van der Waals surface area contributed by atoms with Gasteiger partial charge in [0.2, 0.25) is 11.8 Å². The van der Waals surface area contributed by atoms with Crippen molar-refractivity contribution in [2.75, 3.05) is 13.6 Å². The van der Waals surface area contributed by atoms with Crippen molar-refractivity contribution in [1.29, 1.82) is 0 Å². The Labute approximate surface area is 206 Å². The zero-order valence-corrected chi connectivity index (χ0v) is 20.6. The van der Waals surface area contributed by atoms with Crippen LogP contribution >= 0.6 is 11.6 Å². The van der Waals surface area contributed by atoms with Gasteiger partial charge in [-0.15, -0.1) is 0 Å². The number of likely N-dealkylation sites (N-methyl/N-ethyl adjacent to an activating group) is 1. The molecule has 0 aliphatic heterocycles. The highest BCUT2D eigenvalue weighted by atomic mass is 35.5. The maximum absolute atomic E-state index is 13.1. The van der Waals surface area contributed by atoms with Crippen LogP contribution in [0.15, 0.2) is 48.5 Å². The third kappa shape index (κ3) is 6.17. The zero-order chi connectivity index (χ0) is 23.9. The summed E-state index contributed by atoms with van der Waals surface area (Å²) in [6, 6.07) is 15.6. The molecule has 1 fully saturated rings. The molecule has 2 aromatic carbocycles. The number of aryl methyl sites for hydroxylation is 1. The van der Waals surface area contributed by atoms with Gasteiger partial charge in [0.15, 0.2) is 0 Å². The van der Waals surface area contributed by atoms with Crippen LogP contribution in [0, 0.1) is 0 Å². The molecule has 4 rings (SSSR count). The number of carbonyl (C=O) groups excluding carboxylic acids is 2. The zero-order valence-electron chi connectivity index (χ0n) is 19.8. The van der Waals surface area contributed by atoms with Gasteiger partial charge in [-0.3, -0.25) is 9.59 Å². The summed E-state index contributed by atoms with van der Waals surface area (Å²) in [5.41, 5.74) is 2.82. The monoisotopic (exact) mass is 480 g/mol. The van der Waals surface area contributed by atoms with Crippen molar-refractivity contribution in [3.8, 4) is 0 Å². The Morgan fingerprint density at radius 1 is 1.09 bits per heavy atom. The molecule has 0 radical (unpaired) electrons. The Hall–Kier alpha value is -2.86. The summed E-state index contributed by atoms with van der Waals surface area (Å²) in [7, 11) is 1.94. The van der Waals surface area contributed by atoms with E-state index >= 15 is 0 Å². The van der Waals surface area contributed by atoms with Crippen molar-refractivity contribution in [3.63, 3.8) is 0 Å². The summed E-state index contributed by atoms with van der Waals surface area (Å²) in [4.78, 5) is 32.1. The lowest BCUT2D eigenvalue weighted by Crippen LogP contribution is -2.40. The number of hydrogen-bond donors (Lipinski definition) is 1. The average molecular weight is 481 g/mol. The fourth-order valence-corrected chi connectivity index (χ4v) is 4.86. The van der Waals surface area contributed by atoms with Gasteiger partial charge < -0.3 is 14.8 Å². The second-order valence-corrected chi connectivity index (χ2v) is 9.59. The number of para-hydroxylation sites is 2. The van der Waals surface area contributed by atoms with Gasteiger partial charge >= 0.3 is 0 Å². The van der Waals surface area contributed by atoms with Gasteiger partial charge in [-0.25, -0.2) is 4.98 Å². The summed E-state index contributed by atoms with van der Waals surface area (Å²) in [6.07, 6.45) is 7.63. The van der Waals surface area contributed by atoms with E-state index in [0.717, 1.165) is 41.7 Å². The molecule has 0 atom stereocenters. The van der Waals surface area contributed by atoms with Gasteiger partial charge in [0.1, 0.15) is 12.4 Å². The molecule has 2 amide bonds. The maximum Gasteiger partial charge on any atom is 0.242 e. The van der Waals surface area contributed by atoms with Gasteiger partial charge in [-0.2, -0.15) is 0 Å². The predicted octanol–water partition coefficient (Wildman–Crippen LogP) is 4.77. The van der Waals surface area contributed by atoms with E-state index in [-0.39, 0.29) is 11.8 Å². The van der Waals surface area contributed by atoms with Crippen molar-refractivity contribution in [2.45, 2.75) is 64.0 Å². The Morgan fingerprint density at radius 2 is 1.82 bits per heavy atom. The van der Waals surface area contributed by atoms with Gasteiger partial charge in [0.05, 0.1) is 17.5 Å². The molecule has 1 aromatic heterocycles. The first kappa shape index (κ1) is 24.3. The van der Waals surface area contributed by atoms with Crippen molar-refractivity contribution in [1.82, 2.24) is 19.8 Å². The summed E-state index contributed by atoms with van der Waals surface area (Å²) in [6.45, 7) is 0.858. The van der Waals surface area contributed by atoms with Crippen LogP contribution in [-0.4, -0.2) is 45.9 Å². The lowest BCUT2D eigenvalue weighted by Gasteiger charge is -2.31. The third-order valence-electron chi connectivity index (χ3n) is 6.72. The fourth-order valence-electron chi connectivity index (χ4n) is 4.74. The highest BCUT2D eigenvalue weighted by molar-refractivity contribution is 6.30. The van der Waals surface area contributed by atoms with E-state index in [2.05, 4.69) is 5.32 Å². The van der Waals surface area contributed by atoms with Crippen LogP contribution in [-0.2, 0) is 29.0 Å². The lowest BCUT2D eigenvalue weighted by atomic mass is 9.94. The number of rotatable bonds is 9. The fraction of sp³-hybridized carbons (Fsp3) is 0.444. The van der Waals surface area contributed by atoms with Crippen molar-refractivity contribution >= 4 is 34.4 Å². The molecule has 1 aliphatic carbocycles. The first-order valence-electron chi connectivity index (χ1n) is 12.2. The minimum absolute atomic E-state index is 0.0138. The van der Waals surface area contributed by atoms with Gasteiger partial charge in [-0.05, 0) is 49.1 Å². The molecule has 34 heavy (non-hydrogen) atoms. The van der Waals surface area contributed by atoms with E-state index in [1.165, 1.54) is 19.3 Å². The smallest absolute Gasteiger partial charge is 0.242 e. The number of carbonyl (C=O) groups is 2. The van der Waals surface area contributed by atoms with Crippen LogP contribution in [0.5, 0.6) is 0 Å². The van der Waals surface area contributed by atoms with Gasteiger partial charge in [0.25, 0.3) is 0 Å². The summed E-state index contributed by atoms with van der Waals surface area (Å²) in [5.74, 6) is 1.01. The van der Waals surface area contributed by atoms with E-state index in [1.807, 2.05) is 52.9 Å². The Kier molecular flexibility index (Phi) is 8.22. The van der Waals surface area contributed by atoms with Crippen molar-refractivity contribution in [3.05, 3.63) is 64.9 Å². The first-order chi connectivity index (χ1) is 16.5. The van der Waals surface area contributed by atoms with E-state index in [1.54, 1.807) is 12.1 Å². The summed E-state index contributed by atoms with van der Waals surface area (Å²) < 4.78 is 2.05. The number of fused-ring (bicyclic) bond motifs is 1. The van der Waals surface area contributed by atoms with Crippen LogP contribution in [0.4, 0.5) is 0 Å². The predicted molar refractivity (Wildman–Crippen MR) is 136 cm³/mol. The summed E-state index contributed by atoms with van der Waals surface area (Å²) in [5, 5.41) is 3.65. The van der Waals surface area contributed by atoms with E-state index in [4.69, 9.17) is 16.6 Å². The Morgan fingerprint density at radius 3 is 2.59 bits per heavy atom. The number of halogens is 1. The molecule has 0 bridgehead atoms. The summed E-state index contributed by atoms with van der Waals surface area (Å²) >= 11 is 5.91. The second-order valence-electron chi connectivity index (χ2n) is 9.16. The van der Waals surface area contributed by atoms with E-state index in [9.17, 15) is 9.59 Å². The number of aromatic nitrogens is 2. The topological polar surface area (TPSA) is 67.2 Å². The minimum atomic E-state index is -0.0138. The molecule has 1 N–H and O–H groups in total. The number of hydrogen-bond acceptors (Lipinski definition) is 3. The number of nitrogens with zero attached hydrogens (tertiary/aromatic N) is 3. The SMILES string of the molecule is CN(C(=O)Cn1c(CCCNC(=O)Cc2ccc(Cl)cc2)nc2ccccc21)C1CCCCC1. The quantitative estimate of drug-likeness (QED) is 0.448. The molecule has 0 spiro atoms. The lowest BCUT2D eigenvalue weighted by molar-refractivity contribution is -0.133. The molecule has 0 unspecified atom stereocenters. The molecule has 1 saturated carbocycles. The molecule has 7 heteroatoms. The molecule has 1 heterocycles. The van der Waals surface area contributed by atoms with Crippen LogP contribution in [0.25, 0.3) is 11.0 Å². The van der Waals surface area contributed by atoms with Gasteiger partial charge in [0, 0.05) is 31.1 Å². The Balaban J connectivity index is 1.35. The van der Waals surface area contributed by atoms with Crippen molar-refractivity contribution in [2.24, 2.45) is 0 Å². The number of imidazole rings is 1. The highest BCUT2D eigenvalue weighted by Gasteiger charge is 2.23. The Bertz CT molecular complexity index is 1120. The third-order valence-corrected chi connectivity index (χ3v) is 6.97. The highest BCUT2D eigenvalue weighted by Crippen LogP contribution is 2.23. The van der Waals surface area contributed by atoms with Gasteiger partial charge in [-0.1, -0.05) is 55.1 Å². The largest absolute Gasteiger partial charge is 0.356 e. The standard InChI is InChI=1S/C27H33ClN4O2/c1-31(22-8-3-2-4-9-22)27(34)19-32-24-11-6-5-10-23(24)30-25(32)12-7-17-29-26(33)18-20-13-15-21(28)16-14-20/h5-6,10-11,13-16,22H,2-4,7-9,12,17-19H2,1H3,(H,29,33).